The van der Waals surface area contributed by atoms with Crippen LogP contribution in [0.3, 0.4) is 0 Å². The Labute approximate surface area is 151 Å². The number of fused-ring (bicyclic) bond motifs is 3. The highest BCUT2D eigenvalue weighted by molar-refractivity contribution is 6.05. The van der Waals surface area contributed by atoms with Crippen LogP contribution in [0.2, 0.25) is 0 Å². The fourth-order valence-corrected chi connectivity index (χ4v) is 4.39. The third-order valence-corrected chi connectivity index (χ3v) is 5.77. The van der Waals surface area contributed by atoms with Gasteiger partial charge in [-0.3, -0.25) is 5.01 Å². The predicted molar refractivity (Wildman–Crippen MR) is 105 cm³/mol. The minimum Gasteiger partial charge on any atom is -0.292 e. The highest BCUT2D eigenvalue weighted by Gasteiger charge is 2.38. The smallest absolute Gasteiger partial charge is 0.0801 e. The third kappa shape index (κ3) is 2.88. The van der Waals surface area contributed by atoms with Gasteiger partial charge in [0.05, 0.1) is 11.8 Å². The lowest BCUT2D eigenvalue weighted by atomic mass is 9.83. The van der Waals surface area contributed by atoms with Gasteiger partial charge in [0.2, 0.25) is 0 Å². The maximum absolute atomic E-state index is 4.99. The normalized spacial score (nSPS) is 22.9. The number of nitrogens with zero attached hydrogens (tertiary/aromatic N) is 2. The molecule has 0 N–H and O–H groups in total. The second kappa shape index (κ2) is 6.01. The molecule has 2 atom stereocenters. The zero-order valence-electron chi connectivity index (χ0n) is 15.8. The van der Waals surface area contributed by atoms with Crippen molar-refractivity contribution in [1.29, 1.82) is 0 Å². The summed E-state index contributed by atoms with van der Waals surface area (Å²) < 4.78 is 0. The molecular weight excluding hydrogens is 304 g/mol. The Hall–Kier alpha value is -2.09. The molecule has 0 aromatic heterocycles. The number of hydrazone groups is 1. The first-order valence-corrected chi connectivity index (χ1v) is 9.45. The Morgan fingerprint density at radius 1 is 1.00 bits per heavy atom. The first kappa shape index (κ1) is 16.4. The molecule has 2 heteroatoms. The molecule has 0 spiro atoms. The van der Waals surface area contributed by atoms with E-state index in [1.165, 1.54) is 47.2 Å². The van der Waals surface area contributed by atoms with Crippen molar-refractivity contribution in [2.75, 3.05) is 7.05 Å². The second-order valence-electron chi connectivity index (χ2n) is 8.53. The number of benzene rings is 2. The highest BCUT2D eigenvalue weighted by atomic mass is 15.5. The average Bonchev–Trinajstić information content (AvgIpc) is 2.80. The van der Waals surface area contributed by atoms with Crippen LogP contribution in [0.4, 0.5) is 0 Å². The van der Waals surface area contributed by atoms with E-state index >= 15 is 0 Å². The summed E-state index contributed by atoms with van der Waals surface area (Å²) >= 11 is 0. The third-order valence-electron chi connectivity index (χ3n) is 5.77. The molecule has 4 rings (SSSR count). The van der Waals surface area contributed by atoms with Crippen molar-refractivity contribution < 1.29 is 0 Å². The van der Waals surface area contributed by atoms with Crippen molar-refractivity contribution in [2.45, 2.75) is 51.5 Å². The monoisotopic (exact) mass is 332 g/mol. The lowest BCUT2D eigenvalue weighted by Gasteiger charge is -2.26. The largest absolute Gasteiger partial charge is 0.292 e. The summed E-state index contributed by atoms with van der Waals surface area (Å²) in [4.78, 5) is 0. The van der Waals surface area contributed by atoms with E-state index in [1.807, 2.05) is 0 Å². The maximum Gasteiger partial charge on any atom is 0.0801 e. The summed E-state index contributed by atoms with van der Waals surface area (Å²) in [5.74, 6) is 0.495. The zero-order chi connectivity index (χ0) is 17.6. The lowest BCUT2D eigenvalue weighted by molar-refractivity contribution is 0.243. The van der Waals surface area contributed by atoms with Gasteiger partial charge in [0.15, 0.2) is 0 Å². The van der Waals surface area contributed by atoms with E-state index < -0.39 is 0 Å². The molecule has 0 saturated heterocycles. The molecule has 1 aliphatic carbocycles. The van der Waals surface area contributed by atoms with Gasteiger partial charge in [-0.15, -0.1) is 0 Å². The highest BCUT2D eigenvalue weighted by Crippen LogP contribution is 2.42. The van der Waals surface area contributed by atoms with Crippen molar-refractivity contribution in [3.8, 4) is 0 Å². The number of aryl methyl sites for hydroxylation is 1. The van der Waals surface area contributed by atoms with Crippen LogP contribution in [0.25, 0.3) is 0 Å². The van der Waals surface area contributed by atoms with E-state index in [9.17, 15) is 0 Å². The fourth-order valence-electron chi connectivity index (χ4n) is 4.39. The summed E-state index contributed by atoms with van der Waals surface area (Å²) in [6.07, 6.45) is 3.62. The van der Waals surface area contributed by atoms with E-state index in [-0.39, 0.29) is 5.41 Å². The average molecular weight is 332 g/mol. The van der Waals surface area contributed by atoms with Crippen molar-refractivity contribution in [2.24, 2.45) is 11.0 Å². The molecule has 25 heavy (non-hydrogen) atoms. The Bertz CT molecular complexity index is 796. The topological polar surface area (TPSA) is 15.6 Å². The Morgan fingerprint density at radius 3 is 2.44 bits per heavy atom. The first-order chi connectivity index (χ1) is 11.9. The van der Waals surface area contributed by atoms with Gasteiger partial charge in [-0.2, -0.15) is 5.10 Å². The number of hydrogen-bond donors (Lipinski definition) is 0. The first-order valence-electron chi connectivity index (χ1n) is 9.45. The molecule has 2 aliphatic rings. The molecule has 0 saturated carbocycles. The molecule has 0 unspecified atom stereocenters. The summed E-state index contributed by atoms with van der Waals surface area (Å²) in [6, 6.07) is 18.4. The Morgan fingerprint density at radius 2 is 1.72 bits per heavy atom. The molecule has 0 fully saturated rings. The maximum atomic E-state index is 4.99. The number of rotatable bonds is 1. The fraction of sp³-hybridized carbons (Fsp3) is 0.435. The molecule has 2 nitrogen and oxygen atoms in total. The molecule has 2 aromatic rings. The van der Waals surface area contributed by atoms with Gasteiger partial charge in [-0.25, -0.2) is 0 Å². The predicted octanol–water partition coefficient (Wildman–Crippen LogP) is 5.33. The van der Waals surface area contributed by atoms with E-state index in [4.69, 9.17) is 5.10 Å². The summed E-state index contributed by atoms with van der Waals surface area (Å²) in [6.45, 7) is 6.81. The van der Waals surface area contributed by atoms with Gasteiger partial charge in [-0.1, -0.05) is 69.3 Å². The van der Waals surface area contributed by atoms with Gasteiger partial charge >= 0.3 is 0 Å². The van der Waals surface area contributed by atoms with Crippen molar-refractivity contribution in [1.82, 2.24) is 5.01 Å². The molecule has 0 bridgehead atoms. The van der Waals surface area contributed by atoms with Crippen molar-refractivity contribution in [3.63, 3.8) is 0 Å². The Kier molecular flexibility index (Phi) is 3.94. The lowest BCUT2D eigenvalue weighted by Crippen LogP contribution is -2.23. The molecule has 1 aliphatic heterocycles. The number of hydrogen-bond acceptors (Lipinski definition) is 2. The van der Waals surface area contributed by atoms with Crippen LogP contribution in [0.5, 0.6) is 0 Å². The second-order valence-corrected chi connectivity index (χ2v) is 8.53. The van der Waals surface area contributed by atoms with Crippen LogP contribution in [-0.2, 0) is 11.8 Å². The molecular formula is C23H28N2. The van der Waals surface area contributed by atoms with Crippen LogP contribution in [0, 0.1) is 5.92 Å². The minimum atomic E-state index is 0.197. The van der Waals surface area contributed by atoms with E-state index in [0.717, 1.165) is 0 Å². The summed E-state index contributed by atoms with van der Waals surface area (Å²) in [5.41, 5.74) is 7.10. The van der Waals surface area contributed by atoms with E-state index in [0.29, 0.717) is 12.0 Å². The summed E-state index contributed by atoms with van der Waals surface area (Å²) in [7, 11) is 2.13. The molecule has 0 amide bonds. The van der Waals surface area contributed by atoms with Crippen LogP contribution < -0.4 is 0 Å². The van der Waals surface area contributed by atoms with Gasteiger partial charge in [-0.05, 0) is 41.4 Å². The molecule has 1 heterocycles. The van der Waals surface area contributed by atoms with Gasteiger partial charge < -0.3 is 0 Å². The van der Waals surface area contributed by atoms with Crippen LogP contribution in [0.1, 0.15) is 61.9 Å². The van der Waals surface area contributed by atoms with Crippen LogP contribution in [-0.4, -0.2) is 17.8 Å². The van der Waals surface area contributed by atoms with Gasteiger partial charge in [0.1, 0.15) is 0 Å². The molecule has 130 valence electrons. The standard InChI is InChI=1S/C23H28N2/c1-23(2,3)18-14-12-17(13-15-18)22-20-11-7-9-16-8-5-6-10-19(16)21(20)24-25(22)4/h5-6,8,10,12-15,20,22H,7,9,11H2,1-4H3/t20-,22-/m1/s1. The SMILES string of the molecule is CN1N=C2c3ccccc3CCC[C@H]2[C@H]1c1ccc(C(C)(C)C)cc1. The van der Waals surface area contributed by atoms with Crippen LogP contribution >= 0.6 is 0 Å². The zero-order valence-corrected chi connectivity index (χ0v) is 15.8. The van der Waals surface area contributed by atoms with E-state index in [1.54, 1.807) is 0 Å². The molecule has 2 aromatic carbocycles. The quantitative estimate of drug-likeness (QED) is 0.689. The van der Waals surface area contributed by atoms with Crippen LogP contribution in [0.15, 0.2) is 53.6 Å². The van der Waals surface area contributed by atoms with E-state index in [2.05, 4.69) is 81.4 Å². The Balaban J connectivity index is 1.70. The van der Waals surface area contributed by atoms with Gasteiger partial charge in [0.25, 0.3) is 0 Å². The molecule has 0 radical (unpaired) electrons. The van der Waals surface area contributed by atoms with Crippen molar-refractivity contribution in [3.05, 3.63) is 70.8 Å². The summed E-state index contributed by atoms with van der Waals surface area (Å²) in [5, 5.41) is 7.18. The minimum absolute atomic E-state index is 0.197. The van der Waals surface area contributed by atoms with Crippen molar-refractivity contribution >= 4 is 5.71 Å². The van der Waals surface area contributed by atoms with Gasteiger partial charge in [0, 0.05) is 18.5 Å².